The lowest BCUT2D eigenvalue weighted by molar-refractivity contribution is 0.00310. The van der Waals surface area contributed by atoms with Gasteiger partial charge in [0, 0.05) is 43.6 Å². The lowest BCUT2D eigenvalue weighted by Gasteiger charge is -2.37. The number of ether oxygens (including phenoxy) is 2. The number of hydrogen-bond donors (Lipinski definition) is 0. The van der Waals surface area contributed by atoms with E-state index < -0.39 is 5.60 Å². The number of carbonyl (C=O) groups excluding carboxylic acids is 2. The van der Waals surface area contributed by atoms with Gasteiger partial charge < -0.3 is 19.3 Å². The highest BCUT2D eigenvalue weighted by Crippen LogP contribution is 2.34. The van der Waals surface area contributed by atoms with Crippen LogP contribution in [-0.2, 0) is 4.74 Å². The van der Waals surface area contributed by atoms with E-state index in [9.17, 15) is 9.59 Å². The summed E-state index contributed by atoms with van der Waals surface area (Å²) in [6.45, 7) is 8.79. The number of rotatable bonds is 5. The fraction of sp³-hybridized carbons (Fsp3) is 0.619. The molecule has 0 aromatic heterocycles. The van der Waals surface area contributed by atoms with E-state index in [4.69, 9.17) is 9.47 Å². The Morgan fingerprint density at radius 3 is 2.63 bits per heavy atom. The van der Waals surface area contributed by atoms with Crippen molar-refractivity contribution < 1.29 is 19.1 Å². The van der Waals surface area contributed by atoms with Gasteiger partial charge in [0.25, 0.3) is 5.91 Å². The van der Waals surface area contributed by atoms with Crippen LogP contribution in [-0.4, -0.2) is 60.7 Å². The smallest absolute Gasteiger partial charge is 0.410 e. The zero-order valence-electron chi connectivity index (χ0n) is 16.8. The minimum Gasteiger partial charge on any atom is -0.496 e. The second kappa shape index (κ2) is 7.79. The summed E-state index contributed by atoms with van der Waals surface area (Å²) >= 11 is 0. The average Bonchev–Trinajstić information content (AvgIpc) is 2.95. The molecule has 0 N–H and O–H groups in total. The molecule has 0 unspecified atom stereocenters. The molecular weight excluding hydrogens is 344 g/mol. The van der Waals surface area contributed by atoms with Crippen molar-refractivity contribution in [2.75, 3.05) is 33.3 Å². The predicted molar refractivity (Wildman–Crippen MR) is 103 cm³/mol. The summed E-state index contributed by atoms with van der Waals surface area (Å²) in [5.74, 6) is 1.29. The Morgan fingerprint density at radius 1 is 1.30 bits per heavy atom. The first-order valence-electron chi connectivity index (χ1n) is 9.76. The average molecular weight is 374 g/mol. The fourth-order valence-corrected chi connectivity index (χ4v) is 3.89. The maximum Gasteiger partial charge on any atom is 0.410 e. The number of piperidine rings is 1. The monoisotopic (exact) mass is 374 g/mol. The van der Waals surface area contributed by atoms with Gasteiger partial charge in [0.1, 0.15) is 11.4 Å². The van der Waals surface area contributed by atoms with Gasteiger partial charge in [0.05, 0.1) is 13.7 Å². The van der Waals surface area contributed by atoms with E-state index in [2.05, 4.69) is 13.8 Å². The zero-order valence-corrected chi connectivity index (χ0v) is 16.8. The molecule has 2 amide bonds. The van der Waals surface area contributed by atoms with E-state index in [0.29, 0.717) is 44.0 Å². The van der Waals surface area contributed by atoms with Crippen LogP contribution in [0.1, 0.15) is 49.0 Å². The third-order valence-corrected chi connectivity index (χ3v) is 5.71. The van der Waals surface area contributed by atoms with Gasteiger partial charge in [0.15, 0.2) is 0 Å². The fourth-order valence-electron chi connectivity index (χ4n) is 3.89. The molecule has 2 saturated heterocycles. The number of likely N-dealkylation sites (tertiary alicyclic amines) is 1. The summed E-state index contributed by atoms with van der Waals surface area (Å²) in [4.78, 5) is 28.9. The van der Waals surface area contributed by atoms with Crippen LogP contribution in [0.3, 0.4) is 0 Å². The molecule has 27 heavy (non-hydrogen) atoms. The van der Waals surface area contributed by atoms with Crippen LogP contribution in [0.2, 0.25) is 0 Å². The molecule has 1 aromatic carbocycles. The van der Waals surface area contributed by atoms with E-state index in [1.807, 2.05) is 34.9 Å². The van der Waals surface area contributed by atoms with Crippen LogP contribution in [0.25, 0.3) is 0 Å². The van der Waals surface area contributed by atoms with Gasteiger partial charge in [-0.05, 0) is 31.4 Å². The zero-order chi connectivity index (χ0) is 19.6. The van der Waals surface area contributed by atoms with Crippen molar-refractivity contribution in [2.24, 2.45) is 5.92 Å². The normalized spacial score (nSPS) is 18.9. The number of amides is 2. The lowest BCUT2D eigenvalue weighted by atomic mass is 9.90. The van der Waals surface area contributed by atoms with Crippen LogP contribution in [0, 0.1) is 12.8 Å². The predicted octanol–water partition coefficient (Wildman–Crippen LogP) is 3.48. The van der Waals surface area contributed by atoms with Gasteiger partial charge in [-0.1, -0.05) is 19.9 Å². The van der Waals surface area contributed by atoms with E-state index in [0.717, 1.165) is 24.3 Å². The first-order chi connectivity index (χ1) is 12.8. The summed E-state index contributed by atoms with van der Waals surface area (Å²) in [7, 11) is 1.61. The van der Waals surface area contributed by atoms with Crippen molar-refractivity contribution in [3.63, 3.8) is 0 Å². The molecule has 3 rings (SSSR count). The first kappa shape index (κ1) is 19.5. The summed E-state index contributed by atoms with van der Waals surface area (Å²) in [5.41, 5.74) is 1.10. The Bertz CT molecular complexity index is 708. The third kappa shape index (κ3) is 4.04. The highest BCUT2D eigenvalue weighted by molar-refractivity contribution is 5.96. The van der Waals surface area contributed by atoms with E-state index >= 15 is 0 Å². The number of methoxy groups -OCH3 is 1. The molecule has 0 atom stereocenters. The van der Waals surface area contributed by atoms with E-state index in [1.54, 1.807) is 7.11 Å². The van der Waals surface area contributed by atoms with Crippen LogP contribution >= 0.6 is 0 Å². The van der Waals surface area contributed by atoms with Gasteiger partial charge in [0.2, 0.25) is 0 Å². The number of benzene rings is 1. The first-order valence-corrected chi connectivity index (χ1v) is 9.76. The van der Waals surface area contributed by atoms with Gasteiger partial charge in [-0.3, -0.25) is 4.79 Å². The standard InChI is InChI=1S/C21H30N2O4/c1-15(2)8-11-23-14-21(27-20(23)25)9-12-22(13-10-21)19(24)17-6-5-7-18(26-4)16(17)3/h5-7,15H,8-14H2,1-4H3. The van der Waals surface area contributed by atoms with Crippen molar-refractivity contribution >= 4 is 12.0 Å². The minimum atomic E-state index is -0.436. The van der Waals surface area contributed by atoms with E-state index in [-0.39, 0.29) is 12.0 Å². The molecule has 0 aliphatic carbocycles. The maximum absolute atomic E-state index is 13.0. The molecule has 2 heterocycles. The Labute approximate surface area is 161 Å². The van der Waals surface area contributed by atoms with Crippen molar-refractivity contribution in [3.8, 4) is 5.75 Å². The topological polar surface area (TPSA) is 59.1 Å². The molecular formula is C21H30N2O4. The Balaban J connectivity index is 1.62. The van der Waals surface area contributed by atoms with Crippen molar-refractivity contribution in [2.45, 2.75) is 45.6 Å². The molecule has 1 aromatic rings. The number of hydrogen-bond acceptors (Lipinski definition) is 4. The van der Waals surface area contributed by atoms with E-state index in [1.165, 1.54) is 0 Å². The van der Waals surface area contributed by atoms with Gasteiger partial charge in [-0.25, -0.2) is 4.79 Å². The molecule has 0 radical (unpaired) electrons. The highest BCUT2D eigenvalue weighted by atomic mass is 16.6. The van der Waals surface area contributed by atoms with Crippen molar-refractivity contribution in [1.82, 2.24) is 9.80 Å². The second-order valence-electron chi connectivity index (χ2n) is 8.08. The summed E-state index contributed by atoms with van der Waals surface area (Å²) in [6.07, 6.45) is 2.14. The summed E-state index contributed by atoms with van der Waals surface area (Å²) in [5, 5.41) is 0. The molecule has 1 spiro atoms. The Kier molecular flexibility index (Phi) is 5.63. The van der Waals surface area contributed by atoms with Gasteiger partial charge in [-0.15, -0.1) is 0 Å². The van der Waals surface area contributed by atoms with Gasteiger partial charge in [-0.2, -0.15) is 0 Å². The second-order valence-corrected chi connectivity index (χ2v) is 8.08. The summed E-state index contributed by atoms with van der Waals surface area (Å²) in [6, 6.07) is 5.55. The quantitative estimate of drug-likeness (QED) is 0.792. The third-order valence-electron chi connectivity index (χ3n) is 5.71. The molecule has 6 nitrogen and oxygen atoms in total. The van der Waals surface area contributed by atoms with Gasteiger partial charge >= 0.3 is 6.09 Å². The number of nitrogens with zero attached hydrogens (tertiary/aromatic N) is 2. The molecule has 0 bridgehead atoms. The largest absolute Gasteiger partial charge is 0.496 e. The Morgan fingerprint density at radius 2 is 2.00 bits per heavy atom. The maximum atomic E-state index is 13.0. The molecule has 6 heteroatoms. The van der Waals surface area contributed by atoms with Crippen molar-refractivity contribution in [3.05, 3.63) is 29.3 Å². The molecule has 2 aliphatic heterocycles. The Hall–Kier alpha value is -2.24. The van der Waals surface area contributed by atoms with Crippen molar-refractivity contribution in [1.29, 1.82) is 0 Å². The van der Waals surface area contributed by atoms with Crippen LogP contribution in [0.5, 0.6) is 5.75 Å². The SMILES string of the molecule is COc1cccc(C(=O)N2CCC3(CC2)CN(CCC(C)C)C(=O)O3)c1C. The molecule has 0 saturated carbocycles. The minimum absolute atomic E-state index is 0.0160. The molecule has 2 aliphatic rings. The number of carbonyl (C=O) groups is 2. The van der Waals surface area contributed by atoms with Crippen LogP contribution in [0.4, 0.5) is 4.79 Å². The molecule has 2 fully saturated rings. The van der Waals surface area contributed by atoms with Crippen LogP contribution in [0.15, 0.2) is 18.2 Å². The highest BCUT2D eigenvalue weighted by Gasteiger charge is 2.47. The lowest BCUT2D eigenvalue weighted by Crippen LogP contribution is -2.48. The summed E-state index contributed by atoms with van der Waals surface area (Å²) < 4.78 is 11.1. The van der Waals surface area contributed by atoms with Crippen LogP contribution < -0.4 is 4.74 Å². The molecule has 148 valence electrons.